The third-order valence-electron chi connectivity index (χ3n) is 3.74. The summed E-state index contributed by atoms with van der Waals surface area (Å²) in [4.78, 5) is 1.89. The Balaban J connectivity index is 1.99. The first-order valence-corrected chi connectivity index (χ1v) is 8.87. The Morgan fingerprint density at radius 3 is 2.71 bits per heavy atom. The molecule has 0 radical (unpaired) electrons. The average Bonchev–Trinajstić information content (AvgIpc) is 3.02. The van der Waals surface area contributed by atoms with E-state index in [1.807, 2.05) is 46.8 Å². The van der Waals surface area contributed by atoms with Crippen molar-refractivity contribution in [2.45, 2.75) is 12.5 Å². The number of hydrogen-bond acceptors (Lipinski definition) is 5. The molecule has 0 spiro atoms. The van der Waals surface area contributed by atoms with Crippen LogP contribution in [0.3, 0.4) is 0 Å². The summed E-state index contributed by atoms with van der Waals surface area (Å²) < 4.78 is 25.6. The second-order valence-electron chi connectivity index (χ2n) is 5.17. The van der Waals surface area contributed by atoms with Crippen LogP contribution < -0.4 is 4.90 Å². The van der Waals surface area contributed by atoms with E-state index in [2.05, 4.69) is 10.2 Å². The Hall–Kier alpha value is -1.67. The maximum absolute atomic E-state index is 11.7. The van der Waals surface area contributed by atoms with E-state index in [0.717, 1.165) is 5.69 Å². The van der Waals surface area contributed by atoms with Crippen LogP contribution in [0.4, 0.5) is 5.95 Å². The van der Waals surface area contributed by atoms with Crippen molar-refractivity contribution in [3.05, 3.63) is 35.1 Å². The first-order chi connectivity index (χ1) is 9.98. The largest absolute Gasteiger partial charge is 0.340 e. The van der Waals surface area contributed by atoms with Crippen molar-refractivity contribution in [3.63, 3.8) is 0 Å². The van der Waals surface area contributed by atoms with E-state index >= 15 is 0 Å². The number of nitrogens with one attached hydrogen (secondary N) is 1. The zero-order valence-electron chi connectivity index (χ0n) is 11.6. The smallest absolute Gasteiger partial charge is 0.230 e. The molecule has 0 aliphatic carbocycles. The van der Waals surface area contributed by atoms with Crippen LogP contribution in [0.2, 0.25) is 0 Å². The van der Waals surface area contributed by atoms with Crippen LogP contribution >= 0.6 is 12.2 Å². The Bertz CT molecular complexity index is 795. The molecule has 1 N–H and O–H groups in total. The first kappa shape index (κ1) is 14.3. The minimum atomic E-state index is -2.93. The van der Waals surface area contributed by atoms with E-state index in [1.54, 1.807) is 0 Å². The molecule has 1 aromatic heterocycles. The Labute approximate surface area is 128 Å². The summed E-state index contributed by atoms with van der Waals surface area (Å²) in [6.07, 6.45) is 0.618. The Kier molecular flexibility index (Phi) is 3.58. The zero-order chi connectivity index (χ0) is 15.0. The lowest BCUT2D eigenvalue weighted by Crippen LogP contribution is -2.34. The number of H-pyrrole nitrogens is 1. The van der Waals surface area contributed by atoms with Gasteiger partial charge in [-0.2, -0.15) is 0 Å². The van der Waals surface area contributed by atoms with Gasteiger partial charge in [-0.15, -0.1) is 5.10 Å². The van der Waals surface area contributed by atoms with Gasteiger partial charge in [0.2, 0.25) is 10.7 Å². The number of benzene rings is 1. The van der Waals surface area contributed by atoms with Gasteiger partial charge in [0, 0.05) is 13.1 Å². The third kappa shape index (κ3) is 2.73. The lowest BCUT2D eigenvalue weighted by molar-refractivity contribution is 0.600. The van der Waals surface area contributed by atoms with Gasteiger partial charge in [-0.3, -0.25) is 4.57 Å². The predicted molar refractivity (Wildman–Crippen MR) is 84.2 cm³/mol. The second kappa shape index (κ2) is 5.27. The summed E-state index contributed by atoms with van der Waals surface area (Å²) in [6, 6.07) is 9.59. The highest BCUT2D eigenvalue weighted by atomic mass is 32.2. The van der Waals surface area contributed by atoms with Crippen molar-refractivity contribution in [1.82, 2.24) is 14.8 Å². The Morgan fingerprint density at radius 2 is 2.10 bits per heavy atom. The van der Waals surface area contributed by atoms with Gasteiger partial charge in [0.25, 0.3) is 0 Å². The minimum Gasteiger partial charge on any atom is -0.340 e. The van der Waals surface area contributed by atoms with Crippen molar-refractivity contribution >= 4 is 28.0 Å². The molecule has 2 aromatic rings. The molecule has 6 nitrogen and oxygen atoms in total. The topological polar surface area (TPSA) is 71.0 Å². The first-order valence-electron chi connectivity index (χ1n) is 6.64. The number of hydrogen-bond donors (Lipinski definition) is 1. The molecule has 1 aliphatic rings. The molecule has 1 unspecified atom stereocenters. The number of sulfone groups is 1. The fraction of sp³-hybridized carbons (Fsp3) is 0.385. The molecule has 0 bridgehead atoms. The van der Waals surface area contributed by atoms with Gasteiger partial charge >= 0.3 is 0 Å². The van der Waals surface area contributed by atoms with E-state index < -0.39 is 9.84 Å². The molecule has 1 atom stereocenters. The van der Waals surface area contributed by atoms with Gasteiger partial charge in [0.1, 0.15) is 0 Å². The molecule has 0 saturated carbocycles. The minimum absolute atomic E-state index is 0.0670. The van der Waals surface area contributed by atoms with Crippen LogP contribution in [0.25, 0.3) is 5.69 Å². The number of para-hydroxylation sites is 1. The fourth-order valence-corrected chi connectivity index (χ4v) is 4.59. The van der Waals surface area contributed by atoms with E-state index in [9.17, 15) is 8.42 Å². The molecular formula is C13H16N4O2S2. The quantitative estimate of drug-likeness (QED) is 0.868. The maximum Gasteiger partial charge on any atom is 0.230 e. The van der Waals surface area contributed by atoms with Crippen molar-refractivity contribution in [2.24, 2.45) is 0 Å². The van der Waals surface area contributed by atoms with Gasteiger partial charge in [0.05, 0.1) is 17.2 Å². The van der Waals surface area contributed by atoms with E-state index in [0.29, 0.717) is 17.1 Å². The molecular weight excluding hydrogens is 308 g/mol. The normalized spacial score (nSPS) is 20.5. The molecule has 1 fully saturated rings. The maximum atomic E-state index is 11.7. The van der Waals surface area contributed by atoms with E-state index in [-0.39, 0.29) is 17.5 Å². The van der Waals surface area contributed by atoms with Crippen molar-refractivity contribution in [3.8, 4) is 5.69 Å². The SMILES string of the molecule is CN(c1n[nH]c(=S)n1-c1ccccc1)C1CCS(=O)(=O)C1. The molecule has 1 saturated heterocycles. The number of rotatable bonds is 3. The van der Waals surface area contributed by atoms with Crippen LogP contribution in [0.1, 0.15) is 6.42 Å². The summed E-state index contributed by atoms with van der Waals surface area (Å²) in [7, 11) is -1.08. The molecule has 3 rings (SSSR count). The molecule has 1 aliphatic heterocycles. The number of nitrogens with zero attached hydrogens (tertiary/aromatic N) is 3. The average molecular weight is 324 g/mol. The predicted octanol–water partition coefficient (Wildman–Crippen LogP) is 1.55. The molecule has 0 amide bonds. The van der Waals surface area contributed by atoms with E-state index in [4.69, 9.17) is 12.2 Å². The summed E-state index contributed by atoms with van der Waals surface area (Å²) in [5.41, 5.74) is 0.902. The van der Waals surface area contributed by atoms with E-state index in [1.165, 1.54) is 0 Å². The molecule has 8 heteroatoms. The van der Waals surface area contributed by atoms with Gasteiger partial charge in [-0.25, -0.2) is 13.5 Å². The van der Waals surface area contributed by atoms with Crippen LogP contribution in [0, 0.1) is 4.77 Å². The second-order valence-corrected chi connectivity index (χ2v) is 7.78. The lowest BCUT2D eigenvalue weighted by Gasteiger charge is -2.24. The van der Waals surface area contributed by atoms with Crippen LogP contribution in [-0.4, -0.2) is 47.8 Å². The van der Waals surface area contributed by atoms with Crippen molar-refractivity contribution < 1.29 is 8.42 Å². The van der Waals surface area contributed by atoms with Gasteiger partial charge in [-0.05, 0) is 30.8 Å². The van der Waals surface area contributed by atoms with Crippen LogP contribution in [0.5, 0.6) is 0 Å². The number of aromatic nitrogens is 3. The summed E-state index contributed by atoms with van der Waals surface area (Å²) in [5, 5.41) is 7.05. The highest BCUT2D eigenvalue weighted by molar-refractivity contribution is 7.91. The molecule has 1 aromatic carbocycles. The molecule has 2 heterocycles. The number of aromatic amines is 1. The fourth-order valence-electron chi connectivity index (χ4n) is 2.58. The third-order valence-corrected chi connectivity index (χ3v) is 5.76. The summed E-state index contributed by atoms with van der Waals surface area (Å²) >= 11 is 5.29. The van der Waals surface area contributed by atoms with Crippen molar-refractivity contribution in [1.29, 1.82) is 0 Å². The Morgan fingerprint density at radius 1 is 1.38 bits per heavy atom. The van der Waals surface area contributed by atoms with Crippen LogP contribution in [-0.2, 0) is 9.84 Å². The van der Waals surface area contributed by atoms with Crippen LogP contribution in [0.15, 0.2) is 30.3 Å². The van der Waals surface area contributed by atoms with Gasteiger partial charge in [-0.1, -0.05) is 18.2 Å². The standard InChI is InChI=1S/C13H16N4O2S2/c1-16(11-7-8-21(18,19)9-11)12-14-15-13(20)17(12)10-5-3-2-4-6-10/h2-6,11H,7-9H2,1H3,(H,15,20). The number of anilines is 1. The molecule has 112 valence electrons. The zero-order valence-corrected chi connectivity index (χ0v) is 13.2. The van der Waals surface area contributed by atoms with Crippen molar-refractivity contribution in [2.75, 3.05) is 23.5 Å². The van der Waals surface area contributed by atoms with Gasteiger partial charge in [0.15, 0.2) is 9.84 Å². The lowest BCUT2D eigenvalue weighted by atomic mass is 10.2. The van der Waals surface area contributed by atoms with Gasteiger partial charge < -0.3 is 4.90 Å². The monoisotopic (exact) mass is 324 g/mol. The highest BCUT2D eigenvalue weighted by Crippen LogP contribution is 2.23. The summed E-state index contributed by atoms with van der Waals surface area (Å²) in [6.45, 7) is 0. The molecule has 21 heavy (non-hydrogen) atoms. The highest BCUT2D eigenvalue weighted by Gasteiger charge is 2.32. The summed E-state index contributed by atoms with van der Waals surface area (Å²) in [5.74, 6) is 1.03.